The van der Waals surface area contributed by atoms with Crippen LogP contribution in [0.25, 0.3) is 5.69 Å². The van der Waals surface area contributed by atoms with E-state index in [1.54, 1.807) is 7.05 Å². The van der Waals surface area contributed by atoms with Crippen molar-refractivity contribution in [2.45, 2.75) is 26.3 Å². The number of aliphatic imine (C=N–C) groups is 1. The van der Waals surface area contributed by atoms with Crippen molar-refractivity contribution in [2.75, 3.05) is 13.6 Å². The molecule has 28 heavy (non-hydrogen) atoms. The van der Waals surface area contributed by atoms with Crippen LogP contribution < -0.4 is 10.6 Å². The van der Waals surface area contributed by atoms with Crippen LogP contribution in [-0.2, 0) is 19.4 Å². The number of nitrogens with one attached hydrogen (secondary N) is 2. The molecular formula is C22H28IN5. The van der Waals surface area contributed by atoms with Crippen LogP contribution in [0, 0.1) is 0 Å². The van der Waals surface area contributed by atoms with Crippen LogP contribution in [0.1, 0.15) is 23.6 Å². The summed E-state index contributed by atoms with van der Waals surface area (Å²) < 4.78 is 1.91. The molecule has 3 rings (SSSR count). The zero-order chi connectivity index (χ0) is 18.9. The highest BCUT2D eigenvalue weighted by Gasteiger charge is 2.04. The van der Waals surface area contributed by atoms with Crippen LogP contribution in [0.15, 0.2) is 72.0 Å². The van der Waals surface area contributed by atoms with Gasteiger partial charge in [-0.05, 0) is 41.7 Å². The van der Waals surface area contributed by atoms with Gasteiger partial charge in [0.05, 0.1) is 11.9 Å². The lowest BCUT2D eigenvalue weighted by Gasteiger charge is -2.13. The number of aromatic nitrogens is 2. The van der Waals surface area contributed by atoms with Gasteiger partial charge in [-0.25, -0.2) is 4.68 Å². The first-order valence-electron chi connectivity index (χ1n) is 9.40. The number of rotatable bonds is 7. The first kappa shape index (κ1) is 21.9. The monoisotopic (exact) mass is 489 g/mol. The molecule has 1 heterocycles. The maximum atomic E-state index is 4.44. The molecule has 1 aromatic heterocycles. The maximum Gasteiger partial charge on any atom is 0.191 e. The van der Waals surface area contributed by atoms with Gasteiger partial charge in [0.25, 0.3) is 0 Å². The van der Waals surface area contributed by atoms with Crippen molar-refractivity contribution in [1.82, 2.24) is 20.4 Å². The molecule has 0 aliphatic carbocycles. The number of nitrogens with zero attached hydrogens (tertiary/aromatic N) is 3. The van der Waals surface area contributed by atoms with Gasteiger partial charge >= 0.3 is 0 Å². The second kappa shape index (κ2) is 11.5. The molecule has 0 fully saturated rings. The molecule has 0 atom stereocenters. The van der Waals surface area contributed by atoms with E-state index in [2.05, 4.69) is 70.2 Å². The van der Waals surface area contributed by atoms with Crippen molar-refractivity contribution in [3.63, 3.8) is 0 Å². The number of hydrogen-bond acceptors (Lipinski definition) is 2. The van der Waals surface area contributed by atoms with Gasteiger partial charge in [-0.1, -0.05) is 49.4 Å². The molecule has 148 valence electrons. The van der Waals surface area contributed by atoms with Gasteiger partial charge in [0, 0.05) is 26.3 Å². The van der Waals surface area contributed by atoms with E-state index < -0.39 is 0 Å². The van der Waals surface area contributed by atoms with Crippen molar-refractivity contribution in [1.29, 1.82) is 0 Å². The van der Waals surface area contributed by atoms with E-state index in [0.29, 0.717) is 0 Å². The fourth-order valence-corrected chi connectivity index (χ4v) is 3.01. The van der Waals surface area contributed by atoms with E-state index in [4.69, 9.17) is 0 Å². The molecule has 2 N–H and O–H groups in total. The summed E-state index contributed by atoms with van der Waals surface area (Å²) in [5.74, 6) is 0.816. The third-order valence-corrected chi connectivity index (χ3v) is 4.53. The summed E-state index contributed by atoms with van der Waals surface area (Å²) in [6, 6.07) is 18.7. The molecule has 0 bridgehead atoms. The number of guanidine groups is 1. The van der Waals surface area contributed by atoms with Crippen molar-refractivity contribution >= 4 is 29.9 Å². The third kappa shape index (κ3) is 6.09. The van der Waals surface area contributed by atoms with Gasteiger partial charge in [-0.3, -0.25) is 4.99 Å². The summed E-state index contributed by atoms with van der Waals surface area (Å²) in [5, 5.41) is 11.2. The second-order valence-electron chi connectivity index (χ2n) is 6.35. The Hall–Kier alpha value is -2.35. The molecule has 0 amide bonds. The van der Waals surface area contributed by atoms with E-state index in [9.17, 15) is 0 Å². The smallest absolute Gasteiger partial charge is 0.191 e. The zero-order valence-electron chi connectivity index (χ0n) is 16.4. The molecule has 0 saturated carbocycles. The molecule has 0 unspecified atom stereocenters. The summed E-state index contributed by atoms with van der Waals surface area (Å²) in [6.07, 6.45) is 5.92. The number of benzene rings is 2. The minimum atomic E-state index is 0. The van der Waals surface area contributed by atoms with Gasteiger partial charge < -0.3 is 10.6 Å². The number of halogens is 1. The van der Waals surface area contributed by atoms with Crippen LogP contribution in [0.3, 0.4) is 0 Å². The Bertz CT molecular complexity index is 873. The van der Waals surface area contributed by atoms with Crippen LogP contribution in [0.5, 0.6) is 0 Å². The van der Waals surface area contributed by atoms with Crippen LogP contribution in [-0.4, -0.2) is 29.3 Å². The normalized spacial score (nSPS) is 11.0. The Morgan fingerprint density at radius 1 is 1.00 bits per heavy atom. The zero-order valence-corrected chi connectivity index (χ0v) is 18.8. The number of aryl methyl sites for hydroxylation is 1. The highest BCUT2D eigenvalue weighted by molar-refractivity contribution is 14.0. The van der Waals surface area contributed by atoms with Crippen molar-refractivity contribution < 1.29 is 0 Å². The minimum Gasteiger partial charge on any atom is -0.356 e. The van der Waals surface area contributed by atoms with Gasteiger partial charge in [0.2, 0.25) is 0 Å². The highest BCUT2D eigenvalue weighted by Crippen LogP contribution is 2.09. The Morgan fingerprint density at radius 3 is 2.43 bits per heavy atom. The predicted octanol–water partition coefficient (Wildman–Crippen LogP) is 3.96. The fourth-order valence-electron chi connectivity index (χ4n) is 3.01. The lowest BCUT2D eigenvalue weighted by atomic mass is 10.1. The third-order valence-electron chi connectivity index (χ3n) is 4.53. The topological polar surface area (TPSA) is 54.2 Å². The summed E-state index contributed by atoms with van der Waals surface area (Å²) in [6.45, 7) is 3.76. The van der Waals surface area contributed by atoms with Gasteiger partial charge in [-0.15, -0.1) is 24.0 Å². The van der Waals surface area contributed by atoms with Crippen LogP contribution in [0.2, 0.25) is 0 Å². The molecule has 6 heteroatoms. The van der Waals surface area contributed by atoms with E-state index >= 15 is 0 Å². The molecule has 0 aliphatic rings. The average molecular weight is 489 g/mol. The highest BCUT2D eigenvalue weighted by atomic mass is 127. The minimum absolute atomic E-state index is 0. The summed E-state index contributed by atoms with van der Waals surface area (Å²) in [5.41, 5.74) is 4.95. The van der Waals surface area contributed by atoms with E-state index in [0.717, 1.165) is 37.6 Å². The summed E-state index contributed by atoms with van der Waals surface area (Å²) in [7, 11) is 1.80. The Kier molecular flexibility index (Phi) is 9.00. The van der Waals surface area contributed by atoms with Gasteiger partial charge in [-0.2, -0.15) is 5.10 Å². The number of hydrogen-bond donors (Lipinski definition) is 2. The lowest BCUT2D eigenvalue weighted by Crippen LogP contribution is -2.38. The molecule has 3 aromatic rings. The second-order valence-corrected chi connectivity index (χ2v) is 6.35. The fraction of sp³-hybridized carbons (Fsp3) is 0.273. The van der Waals surface area contributed by atoms with E-state index in [-0.39, 0.29) is 24.0 Å². The summed E-state index contributed by atoms with van der Waals surface area (Å²) in [4.78, 5) is 4.32. The lowest BCUT2D eigenvalue weighted by molar-refractivity contribution is 0.790. The first-order chi connectivity index (χ1) is 13.3. The van der Waals surface area contributed by atoms with Crippen LogP contribution in [0.4, 0.5) is 0 Å². The Balaban J connectivity index is 0.00000280. The first-order valence-corrected chi connectivity index (χ1v) is 9.40. The molecule has 0 aliphatic heterocycles. The number of para-hydroxylation sites is 1. The van der Waals surface area contributed by atoms with Gasteiger partial charge in [0.1, 0.15) is 0 Å². The van der Waals surface area contributed by atoms with Gasteiger partial charge in [0.15, 0.2) is 5.96 Å². The van der Waals surface area contributed by atoms with Crippen molar-refractivity contribution in [3.05, 3.63) is 83.7 Å². The average Bonchev–Trinajstić information content (AvgIpc) is 3.20. The SMILES string of the molecule is CCc1ccccc1CNC(=NC)NCCc1cnn(-c2ccccc2)c1.I. The van der Waals surface area contributed by atoms with E-state index in [1.807, 2.05) is 29.1 Å². The van der Waals surface area contributed by atoms with Crippen molar-refractivity contribution in [2.24, 2.45) is 4.99 Å². The standard InChI is InChI=1S/C22H27N5.HI/c1-3-19-9-7-8-10-20(19)16-25-22(23-2)24-14-13-18-15-26-27(17-18)21-11-5-4-6-12-21;/h4-12,15,17H,3,13-14,16H2,1-2H3,(H2,23,24,25);1H. The molecule has 5 nitrogen and oxygen atoms in total. The quantitative estimate of drug-likeness (QED) is 0.300. The molecule has 0 radical (unpaired) electrons. The summed E-state index contributed by atoms with van der Waals surface area (Å²) >= 11 is 0. The maximum absolute atomic E-state index is 4.44. The van der Waals surface area contributed by atoms with Crippen LogP contribution >= 0.6 is 24.0 Å². The largest absolute Gasteiger partial charge is 0.356 e. The molecule has 0 saturated heterocycles. The predicted molar refractivity (Wildman–Crippen MR) is 127 cm³/mol. The molecule has 0 spiro atoms. The molecule has 2 aromatic carbocycles. The van der Waals surface area contributed by atoms with E-state index in [1.165, 1.54) is 16.7 Å². The Morgan fingerprint density at radius 2 is 1.71 bits per heavy atom. The molecular weight excluding hydrogens is 461 g/mol. The Labute approximate surface area is 184 Å². The van der Waals surface area contributed by atoms with Crippen molar-refractivity contribution in [3.8, 4) is 5.69 Å².